The lowest BCUT2D eigenvalue weighted by Crippen LogP contribution is -2.45. The SMILES string of the molecule is CC(C)(C)OC(=O)CNC(CNC(=O)OCc1ccccc1)Cc1c(F)ccc2cnc(NC(=O)O)cc12. The summed E-state index contributed by atoms with van der Waals surface area (Å²) in [5.41, 5.74) is 0.398. The first-order valence-electron chi connectivity index (χ1n) is 12.0. The Bertz CT molecular complexity index is 1280. The van der Waals surface area contributed by atoms with Gasteiger partial charge in [0.1, 0.15) is 23.8 Å². The fourth-order valence-electron chi connectivity index (χ4n) is 3.69. The second kappa shape index (κ2) is 12.8. The zero-order valence-corrected chi connectivity index (χ0v) is 21.4. The Hall–Kier alpha value is -4.25. The molecule has 0 aliphatic heterocycles. The summed E-state index contributed by atoms with van der Waals surface area (Å²) >= 11 is 0. The van der Waals surface area contributed by atoms with E-state index < -0.39 is 35.6 Å². The van der Waals surface area contributed by atoms with Gasteiger partial charge >= 0.3 is 18.2 Å². The van der Waals surface area contributed by atoms with Gasteiger partial charge in [0.15, 0.2) is 0 Å². The molecule has 0 aliphatic rings. The number of rotatable bonds is 10. The number of aromatic nitrogens is 1. The number of alkyl carbamates (subject to hydrolysis) is 1. The molecule has 2 aromatic carbocycles. The van der Waals surface area contributed by atoms with Crippen LogP contribution in [0, 0.1) is 5.82 Å². The fourth-order valence-corrected chi connectivity index (χ4v) is 3.69. The fraction of sp³-hybridized carbons (Fsp3) is 0.333. The van der Waals surface area contributed by atoms with Crippen molar-refractivity contribution in [2.45, 2.75) is 45.4 Å². The monoisotopic (exact) mass is 526 g/mol. The van der Waals surface area contributed by atoms with Crippen LogP contribution in [0.5, 0.6) is 0 Å². The second-order valence-electron chi connectivity index (χ2n) is 9.56. The molecule has 0 saturated heterocycles. The molecule has 0 bridgehead atoms. The lowest BCUT2D eigenvalue weighted by Gasteiger charge is -2.23. The van der Waals surface area contributed by atoms with Crippen LogP contribution in [0.3, 0.4) is 0 Å². The van der Waals surface area contributed by atoms with Crippen LogP contribution in [0.25, 0.3) is 10.8 Å². The Morgan fingerprint density at radius 2 is 1.84 bits per heavy atom. The van der Waals surface area contributed by atoms with Crippen molar-refractivity contribution in [2.24, 2.45) is 0 Å². The molecule has 1 heterocycles. The van der Waals surface area contributed by atoms with Crippen molar-refractivity contribution in [3.05, 3.63) is 71.7 Å². The highest BCUT2D eigenvalue weighted by atomic mass is 19.1. The Morgan fingerprint density at radius 1 is 1.11 bits per heavy atom. The van der Waals surface area contributed by atoms with Crippen LogP contribution in [-0.2, 0) is 27.3 Å². The number of benzene rings is 2. The predicted octanol–water partition coefficient (Wildman–Crippen LogP) is 4.23. The Labute approximate surface area is 219 Å². The number of carbonyl (C=O) groups is 3. The highest BCUT2D eigenvalue weighted by Crippen LogP contribution is 2.25. The number of carboxylic acid groups (broad SMARTS) is 1. The van der Waals surface area contributed by atoms with Crippen LogP contribution >= 0.6 is 0 Å². The molecule has 0 fully saturated rings. The summed E-state index contributed by atoms with van der Waals surface area (Å²) in [4.78, 5) is 39.7. The molecular formula is C27H31FN4O6. The van der Waals surface area contributed by atoms with E-state index in [1.54, 1.807) is 20.8 Å². The first-order chi connectivity index (χ1) is 18.0. The van der Waals surface area contributed by atoms with Gasteiger partial charge < -0.3 is 25.2 Å². The van der Waals surface area contributed by atoms with E-state index in [0.29, 0.717) is 10.8 Å². The first kappa shape index (κ1) is 28.3. The van der Waals surface area contributed by atoms with Crippen molar-refractivity contribution in [1.82, 2.24) is 15.6 Å². The van der Waals surface area contributed by atoms with Crippen molar-refractivity contribution in [1.29, 1.82) is 0 Å². The number of pyridine rings is 1. The lowest BCUT2D eigenvalue weighted by molar-refractivity contribution is -0.153. The van der Waals surface area contributed by atoms with Crippen LogP contribution in [-0.4, -0.2) is 53.0 Å². The molecule has 11 heteroatoms. The standard InChI is InChI=1S/C27H31FN4O6/c1-27(2,3)38-24(33)15-29-19(14-31-26(36)37-16-17-7-5-4-6-8-17)11-21-20-12-23(32-25(34)35)30-13-18(20)9-10-22(21)28/h4-10,12-13,19,29H,11,14-16H2,1-3H3,(H,30,32)(H,31,36)(H,34,35). The first-order valence-corrected chi connectivity index (χ1v) is 12.0. The molecule has 1 unspecified atom stereocenters. The summed E-state index contributed by atoms with van der Waals surface area (Å²) < 4.78 is 25.6. The molecule has 3 rings (SSSR count). The molecule has 1 aromatic heterocycles. The number of halogens is 1. The molecular weight excluding hydrogens is 495 g/mol. The normalized spacial score (nSPS) is 12.0. The highest BCUT2D eigenvalue weighted by molar-refractivity contribution is 5.90. The third kappa shape index (κ3) is 9.00. The third-order valence-corrected chi connectivity index (χ3v) is 5.30. The summed E-state index contributed by atoms with van der Waals surface area (Å²) in [6, 6.07) is 12.8. The maximum Gasteiger partial charge on any atom is 0.410 e. The van der Waals surface area contributed by atoms with Crippen LogP contribution < -0.4 is 16.0 Å². The van der Waals surface area contributed by atoms with Gasteiger partial charge in [0, 0.05) is 24.2 Å². The summed E-state index contributed by atoms with van der Waals surface area (Å²) in [5.74, 6) is -0.997. The maximum atomic E-state index is 15.0. The summed E-state index contributed by atoms with van der Waals surface area (Å²) in [5, 5.41) is 17.9. The molecule has 3 aromatic rings. The lowest BCUT2D eigenvalue weighted by atomic mass is 9.98. The third-order valence-electron chi connectivity index (χ3n) is 5.30. The summed E-state index contributed by atoms with van der Waals surface area (Å²) in [6.45, 7) is 5.14. The minimum atomic E-state index is -1.30. The number of hydrogen-bond donors (Lipinski definition) is 4. The highest BCUT2D eigenvalue weighted by Gasteiger charge is 2.21. The van der Waals surface area contributed by atoms with E-state index in [1.165, 1.54) is 24.4 Å². The number of fused-ring (bicyclic) bond motifs is 1. The number of esters is 1. The van der Waals surface area contributed by atoms with Gasteiger partial charge in [-0.3, -0.25) is 10.1 Å². The van der Waals surface area contributed by atoms with Crippen LogP contribution in [0.15, 0.2) is 54.7 Å². The average molecular weight is 527 g/mol. The number of anilines is 1. The van der Waals surface area contributed by atoms with E-state index in [-0.39, 0.29) is 37.5 Å². The molecule has 0 aliphatic carbocycles. The van der Waals surface area contributed by atoms with Gasteiger partial charge in [-0.2, -0.15) is 0 Å². The zero-order valence-electron chi connectivity index (χ0n) is 21.4. The van der Waals surface area contributed by atoms with Gasteiger partial charge in [0.25, 0.3) is 0 Å². The van der Waals surface area contributed by atoms with Crippen molar-refractivity contribution in [2.75, 3.05) is 18.4 Å². The smallest absolute Gasteiger partial charge is 0.410 e. The van der Waals surface area contributed by atoms with Crippen molar-refractivity contribution in [3.63, 3.8) is 0 Å². The average Bonchev–Trinajstić information content (AvgIpc) is 2.85. The molecule has 0 spiro atoms. The maximum absolute atomic E-state index is 15.0. The molecule has 4 N–H and O–H groups in total. The van der Waals surface area contributed by atoms with Gasteiger partial charge in [-0.1, -0.05) is 30.3 Å². The largest absolute Gasteiger partial charge is 0.465 e. The number of nitrogens with zero attached hydrogens (tertiary/aromatic N) is 1. The zero-order chi connectivity index (χ0) is 27.7. The topological polar surface area (TPSA) is 139 Å². The number of amides is 2. The summed E-state index contributed by atoms with van der Waals surface area (Å²) in [7, 11) is 0. The van der Waals surface area contributed by atoms with Crippen molar-refractivity contribution < 1.29 is 33.4 Å². The van der Waals surface area contributed by atoms with Gasteiger partial charge in [-0.25, -0.2) is 19.0 Å². The van der Waals surface area contributed by atoms with E-state index in [9.17, 15) is 14.4 Å². The number of hydrogen-bond acceptors (Lipinski definition) is 7. The van der Waals surface area contributed by atoms with Gasteiger partial charge in [0.05, 0.1) is 6.54 Å². The van der Waals surface area contributed by atoms with Crippen LogP contribution in [0.1, 0.15) is 31.9 Å². The van der Waals surface area contributed by atoms with Crippen LogP contribution in [0.4, 0.5) is 19.8 Å². The molecule has 0 saturated carbocycles. The molecule has 2 amide bonds. The van der Waals surface area contributed by atoms with E-state index in [2.05, 4.69) is 20.9 Å². The number of carbonyl (C=O) groups excluding carboxylic acids is 2. The second-order valence-corrected chi connectivity index (χ2v) is 9.56. The predicted molar refractivity (Wildman–Crippen MR) is 139 cm³/mol. The van der Waals surface area contributed by atoms with E-state index in [4.69, 9.17) is 14.6 Å². The molecule has 10 nitrogen and oxygen atoms in total. The molecule has 0 radical (unpaired) electrons. The van der Waals surface area contributed by atoms with E-state index in [0.717, 1.165) is 5.56 Å². The molecule has 38 heavy (non-hydrogen) atoms. The minimum absolute atomic E-state index is 0.0115. The number of nitrogens with one attached hydrogen (secondary N) is 3. The Kier molecular flexibility index (Phi) is 9.55. The van der Waals surface area contributed by atoms with Gasteiger partial charge in [-0.15, -0.1) is 0 Å². The van der Waals surface area contributed by atoms with Crippen molar-refractivity contribution in [3.8, 4) is 0 Å². The van der Waals surface area contributed by atoms with Gasteiger partial charge in [-0.05, 0) is 61.9 Å². The minimum Gasteiger partial charge on any atom is -0.465 e. The summed E-state index contributed by atoms with van der Waals surface area (Å²) in [6.07, 6.45) is -0.480. The molecule has 202 valence electrons. The Balaban J connectivity index is 1.76. The van der Waals surface area contributed by atoms with Gasteiger partial charge in [0.2, 0.25) is 0 Å². The van der Waals surface area contributed by atoms with Crippen LogP contribution in [0.2, 0.25) is 0 Å². The van der Waals surface area contributed by atoms with E-state index >= 15 is 4.39 Å². The molecule has 1 atom stereocenters. The Morgan fingerprint density at radius 3 is 2.53 bits per heavy atom. The quantitative estimate of drug-likeness (QED) is 0.288. The van der Waals surface area contributed by atoms with Crippen molar-refractivity contribution >= 4 is 34.7 Å². The number of ether oxygens (including phenoxy) is 2. The van der Waals surface area contributed by atoms with E-state index in [1.807, 2.05) is 30.3 Å².